The zero-order valence-electron chi connectivity index (χ0n) is 14.9. The molecule has 1 aromatic carbocycles. The Kier molecular flexibility index (Phi) is 4.82. The standard InChI is InChI=1S/C19H21N3O3S/c1-19(2,3)18-21-14(11-26-18)9-16(23)20-13-4-5-15-12(8-13)6-7-22(15)10-17(24)25/h4-8,11H,9-10H2,1-3H3,(H,20,23)(H,24,25). The first-order valence-electron chi connectivity index (χ1n) is 8.28. The molecule has 0 unspecified atom stereocenters. The summed E-state index contributed by atoms with van der Waals surface area (Å²) in [5, 5.41) is 15.6. The molecule has 0 bridgehead atoms. The van der Waals surface area contributed by atoms with E-state index in [1.165, 1.54) is 0 Å². The topological polar surface area (TPSA) is 84.2 Å². The number of anilines is 1. The van der Waals surface area contributed by atoms with E-state index < -0.39 is 5.97 Å². The maximum atomic E-state index is 12.3. The second kappa shape index (κ2) is 6.92. The van der Waals surface area contributed by atoms with Crippen LogP contribution < -0.4 is 5.32 Å². The normalized spacial score (nSPS) is 11.7. The van der Waals surface area contributed by atoms with Gasteiger partial charge in [0.15, 0.2) is 0 Å². The number of nitrogens with zero attached hydrogens (tertiary/aromatic N) is 2. The highest BCUT2D eigenvalue weighted by atomic mass is 32.1. The second-order valence-electron chi connectivity index (χ2n) is 7.23. The van der Waals surface area contributed by atoms with Crippen molar-refractivity contribution in [1.82, 2.24) is 9.55 Å². The molecule has 3 rings (SSSR count). The molecule has 26 heavy (non-hydrogen) atoms. The van der Waals surface area contributed by atoms with Crippen LogP contribution in [0.25, 0.3) is 10.9 Å². The third kappa shape index (κ3) is 4.11. The molecule has 2 heterocycles. The van der Waals surface area contributed by atoms with Gasteiger partial charge in [-0.15, -0.1) is 11.3 Å². The zero-order valence-corrected chi connectivity index (χ0v) is 15.8. The highest BCUT2D eigenvalue weighted by Gasteiger charge is 2.19. The molecule has 0 radical (unpaired) electrons. The lowest BCUT2D eigenvalue weighted by Gasteiger charge is -2.13. The van der Waals surface area contributed by atoms with E-state index in [0.717, 1.165) is 21.6 Å². The summed E-state index contributed by atoms with van der Waals surface area (Å²) in [4.78, 5) is 27.7. The quantitative estimate of drug-likeness (QED) is 0.717. The molecule has 0 spiro atoms. The van der Waals surface area contributed by atoms with Crippen LogP contribution in [0.2, 0.25) is 0 Å². The maximum Gasteiger partial charge on any atom is 0.323 e. The van der Waals surface area contributed by atoms with Crippen LogP contribution in [0.5, 0.6) is 0 Å². The maximum absolute atomic E-state index is 12.3. The highest BCUT2D eigenvalue weighted by molar-refractivity contribution is 7.09. The number of fused-ring (bicyclic) bond motifs is 1. The van der Waals surface area contributed by atoms with Gasteiger partial charge in [-0.25, -0.2) is 4.98 Å². The van der Waals surface area contributed by atoms with Crippen molar-refractivity contribution in [3.63, 3.8) is 0 Å². The smallest absolute Gasteiger partial charge is 0.323 e. The molecule has 0 fully saturated rings. The number of carbonyl (C=O) groups excluding carboxylic acids is 1. The Labute approximate surface area is 155 Å². The fourth-order valence-corrected chi connectivity index (χ4v) is 3.57. The molecule has 0 atom stereocenters. The number of carbonyl (C=O) groups is 2. The van der Waals surface area contributed by atoms with Crippen LogP contribution in [0.15, 0.2) is 35.8 Å². The number of hydrogen-bond donors (Lipinski definition) is 2. The number of carboxylic acids is 1. The molecule has 1 amide bonds. The minimum atomic E-state index is -0.891. The van der Waals surface area contributed by atoms with Gasteiger partial charge in [-0.3, -0.25) is 9.59 Å². The number of aromatic nitrogens is 2. The fourth-order valence-electron chi connectivity index (χ4n) is 2.66. The predicted octanol–water partition coefficient (Wildman–Crippen LogP) is 3.66. The Morgan fingerprint density at radius 1 is 1.27 bits per heavy atom. The molecule has 2 aromatic heterocycles. The minimum Gasteiger partial charge on any atom is -0.480 e. The Bertz CT molecular complexity index is 966. The van der Waals surface area contributed by atoms with E-state index in [4.69, 9.17) is 5.11 Å². The first kappa shape index (κ1) is 18.1. The predicted molar refractivity (Wildman–Crippen MR) is 103 cm³/mol. The molecule has 0 saturated carbocycles. The Balaban J connectivity index is 1.69. The molecule has 136 valence electrons. The summed E-state index contributed by atoms with van der Waals surface area (Å²) in [5.41, 5.74) is 2.25. The van der Waals surface area contributed by atoms with Crippen molar-refractivity contribution in [1.29, 1.82) is 0 Å². The van der Waals surface area contributed by atoms with E-state index in [1.807, 2.05) is 23.6 Å². The molecule has 7 heteroatoms. The van der Waals surface area contributed by atoms with Crippen molar-refractivity contribution in [2.24, 2.45) is 0 Å². The van der Waals surface area contributed by atoms with Gasteiger partial charge in [-0.05, 0) is 24.3 Å². The molecule has 3 aromatic rings. The van der Waals surface area contributed by atoms with Crippen LogP contribution >= 0.6 is 11.3 Å². The molecular formula is C19H21N3O3S. The third-order valence-electron chi connectivity index (χ3n) is 3.90. The summed E-state index contributed by atoms with van der Waals surface area (Å²) in [7, 11) is 0. The van der Waals surface area contributed by atoms with E-state index in [9.17, 15) is 9.59 Å². The van der Waals surface area contributed by atoms with Crippen LogP contribution in [0.1, 0.15) is 31.5 Å². The lowest BCUT2D eigenvalue weighted by atomic mass is 9.98. The van der Waals surface area contributed by atoms with Crippen molar-refractivity contribution in [2.75, 3.05) is 5.32 Å². The first-order chi connectivity index (χ1) is 12.2. The number of nitrogens with one attached hydrogen (secondary N) is 1. The number of hydrogen-bond acceptors (Lipinski definition) is 4. The largest absolute Gasteiger partial charge is 0.480 e. The van der Waals surface area contributed by atoms with Gasteiger partial charge in [-0.1, -0.05) is 20.8 Å². The Morgan fingerprint density at radius 2 is 2.04 bits per heavy atom. The van der Waals surface area contributed by atoms with E-state index in [-0.39, 0.29) is 24.3 Å². The first-order valence-corrected chi connectivity index (χ1v) is 9.16. The molecule has 0 aliphatic carbocycles. The van der Waals surface area contributed by atoms with E-state index in [2.05, 4.69) is 31.1 Å². The van der Waals surface area contributed by atoms with E-state index in [0.29, 0.717) is 5.69 Å². The number of aliphatic carboxylic acids is 1. The number of benzene rings is 1. The van der Waals surface area contributed by atoms with Crippen LogP contribution in [-0.4, -0.2) is 26.5 Å². The Morgan fingerprint density at radius 3 is 2.69 bits per heavy atom. The van der Waals surface area contributed by atoms with E-state index in [1.54, 1.807) is 28.2 Å². The summed E-state index contributed by atoms with van der Waals surface area (Å²) in [6.45, 7) is 6.21. The second-order valence-corrected chi connectivity index (χ2v) is 8.09. The molecule has 2 N–H and O–H groups in total. The van der Waals surface area contributed by atoms with Crippen LogP contribution in [0.3, 0.4) is 0 Å². The van der Waals surface area contributed by atoms with Crippen molar-refractivity contribution in [2.45, 2.75) is 39.2 Å². The summed E-state index contributed by atoms with van der Waals surface area (Å²) >= 11 is 1.57. The summed E-state index contributed by atoms with van der Waals surface area (Å²) in [5.74, 6) is -1.02. The fraction of sp³-hybridized carbons (Fsp3) is 0.316. The van der Waals surface area contributed by atoms with E-state index >= 15 is 0 Å². The highest BCUT2D eigenvalue weighted by Crippen LogP contribution is 2.26. The average molecular weight is 371 g/mol. The van der Waals surface area contributed by atoms with Gasteiger partial charge in [0.05, 0.1) is 17.1 Å². The monoisotopic (exact) mass is 371 g/mol. The summed E-state index contributed by atoms with van der Waals surface area (Å²) in [6, 6.07) is 7.27. The lowest BCUT2D eigenvalue weighted by molar-refractivity contribution is -0.137. The molecule has 0 aliphatic heterocycles. The average Bonchev–Trinajstić information content (AvgIpc) is 3.14. The lowest BCUT2D eigenvalue weighted by Crippen LogP contribution is -2.15. The van der Waals surface area contributed by atoms with Gasteiger partial charge in [0.25, 0.3) is 0 Å². The van der Waals surface area contributed by atoms with Gasteiger partial charge < -0.3 is 15.0 Å². The van der Waals surface area contributed by atoms with Gasteiger partial charge in [0, 0.05) is 33.6 Å². The number of carboxylic acid groups (broad SMARTS) is 1. The molecule has 0 saturated heterocycles. The van der Waals surface area contributed by atoms with Gasteiger partial charge in [-0.2, -0.15) is 0 Å². The molecule has 6 nitrogen and oxygen atoms in total. The van der Waals surface area contributed by atoms with Crippen LogP contribution in [-0.2, 0) is 28.0 Å². The van der Waals surface area contributed by atoms with Gasteiger partial charge in [0.1, 0.15) is 6.54 Å². The van der Waals surface area contributed by atoms with Crippen LogP contribution in [0, 0.1) is 0 Å². The minimum absolute atomic E-state index is 0.0203. The van der Waals surface area contributed by atoms with Crippen molar-refractivity contribution in [3.05, 3.63) is 46.5 Å². The van der Waals surface area contributed by atoms with Crippen molar-refractivity contribution >= 4 is 39.8 Å². The molecule has 0 aliphatic rings. The SMILES string of the molecule is CC(C)(C)c1nc(CC(=O)Nc2ccc3c(ccn3CC(=O)O)c2)cs1. The Hall–Kier alpha value is -2.67. The number of thiazole rings is 1. The van der Waals surface area contributed by atoms with Crippen LogP contribution in [0.4, 0.5) is 5.69 Å². The van der Waals surface area contributed by atoms with Gasteiger partial charge in [0.2, 0.25) is 5.91 Å². The van der Waals surface area contributed by atoms with Crippen molar-refractivity contribution in [3.8, 4) is 0 Å². The number of amides is 1. The molecular weight excluding hydrogens is 350 g/mol. The zero-order chi connectivity index (χ0) is 18.9. The van der Waals surface area contributed by atoms with Gasteiger partial charge >= 0.3 is 5.97 Å². The number of rotatable bonds is 5. The third-order valence-corrected chi connectivity index (χ3v) is 5.21. The summed E-state index contributed by atoms with van der Waals surface area (Å²) in [6.07, 6.45) is 1.96. The summed E-state index contributed by atoms with van der Waals surface area (Å²) < 4.78 is 1.66. The van der Waals surface area contributed by atoms with Crippen molar-refractivity contribution < 1.29 is 14.7 Å².